The van der Waals surface area contributed by atoms with E-state index in [1.807, 2.05) is 38.2 Å². The Morgan fingerprint density at radius 2 is 1.89 bits per heavy atom. The summed E-state index contributed by atoms with van der Waals surface area (Å²) in [7, 11) is 1.99. The summed E-state index contributed by atoms with van der Waals surface area (Å²) in [5.41, 5.74) is 4.27. The van der Waals surface area contributed by atoms with Gasteiger partial charge in [-0.1, -0.05) is 11.6 Å². The van der Waals surface area contributed by atoms with Gasteiger partial charge in [0.2, 0.25) is 0 Å². The van der Waals surface area contributed by atoms with Gasteiger partial charge in [0.25, 0.3) is 5.91 Å². The van der Waals surface area contributed by atoms with Crippen LogP contribution in [0.5, 0.6) is 0 Å². The first-order valence-electron chi connectivity index (χ1n) is 8.65. The molecular formula is C21H21ClN4O. The monoisotopic (exact) mass is 380 g/mol. The first-order valence-corrected chi connectivity index (χ1v) is 9.03. The fraction of sp³-hybridized carbons (Fsp3) is 0.190. The first-order chi connectivity index (χ1) is 13.0. The van der Waals surface area contributed by atoms with E-state index in [1.54, 1.807) is 36.9 Å². The summed E-state index contributed by atoms with van der Waals surface area (Å²) in [6.45, 7) is 2.72. The van der Waals surface area contributed by atoms with Crippen LogP contribution in [0.1, 0.15) is 21.5 Å². The highest BCUT2D eigenvalue weighted by molar-refractivity contribution is 6.30. The highest BCUT2D eigenvalue weighted by Crippen LogP contribution is 2.21. The van der Waals surface area contributed by atoms with E-state index < -0.39 is 0 Å². The molecule has 0 saturated carbocycles. The van der Waals surface area contributed by atoms with Gasteiger partial charge in [-0.05, 0) is 60.9 Å². The lowest BCUT2D eigenvalue weighted by Crippen LogP contribution is -2.21. The molecule has 0 saturated heterocycles. The molecule has 1 amide bonds. The van der Waals surface area contributed by atoms with Crippen LogP contribution in [0.3, 0.4) is 0 Å². The number of hydrogen-bond acceptors (Lipinski definition) is 4. The molecule has 0 atom stereocenters. The number of halogens is 1. The van der Waals surface area contributed by atoms with Crippen LogP contribution in [0.25, 0.3) is 0 Å². The van der Waals surface area contributed by atoms with Crippen molar-refractivity contribution >= 4 is 28.9 Å². The van der Waals surface area contributed by atoms with Crippen molar-refractivity contribution in [1.29, 1.82) is 0 Å². The van der Waals surface area contributed by atoms with Crippen LogP contribution in [0, 0.1) is 6.92 Å². The molecule has 0 aliphatic carbocycles. The quantitative estimate of drug-likeness (QED) is 0.689. The second-order valence-corrected chi connectivity index (χ2v) is 6.81. The minimum absolute atomic E-state index is 0.197. The maximum absolute atomic E-state index is 12.6. The number of aryl methyl sites for hydroxylation is 1. The van der Waals surface area contributed by atoms with Crippen LogP contribution in [0.2, 0.25) is 5.02 Å². The number of carbonyl (C=O) groups excluding carboxylic acids is 1. The molecule has 2 aromatic heterocycles. The largest absolute Gasteiger partial charge is 0.373 e. The summed E-state index contributed by atoms with van der Waals surface area (Å²) in [4.78, 5) is 22.9. The normalized spacial score (nSPS) is 10.5. The molecule has 0 aliphatic rings. The van der Waals surface area contributed by atoms with Gasteiger partial charge in [-0.3, -0.25) is 14.8 Å². The maximum Gasteiger partial charge on any atom is 0.257 e. The fourth-order valence-corrected chi connectivity index (χ4v) is 2.92. The first kappa shape index (κ1) is 18.9. The number of nitrogens with zero attached hydrogens (tertiary/aromatic N) is 3. The van der Waals surface area contributed by atoms with Gasteiger partial charge in [-0.25, -0.2) is 0 Å². The van der Waals surface area contributed by atoms with Crippen LogP contribution in [-0.2, 0) is 6.42 Å². The molecule has 0 unspecified atom stereocenters. The van der Waals surface area contributed by atoms with Crippen molar-refractivity contribution in [3.8, 4) is 0 Å². The Kier molecular flexibility index (Phi) is 6.04. The number of pyridine rings is 2. The average Bonchev–Trinajstić information content (AvgIpc) is 2.69. The third kappa shape index (κ3) is 5.05. The molecule has 3 rings (SSSR count). The van der Waals surface area contributed by atoms with Gasteiger partial charge >= 0.3 is 0 Å². The predicted octanol–water partition coefficient (Wildman–Crippen LogP) is 4.37. The van der Waals surface area contributed by atoms with E-state index in [4.69, 9.17) is 11.6 Å². The van der Waals surface area contributed by atoms with Crippen molar-refractivity contribution in [3.63, 3.8) is 0 Å². The van der Waals surface area contributed by atoms with Crippen LogP contribution >= 0.6 is 11.6 Å². The van der Waals surface area contributed by atoms with Gasteiger partial charge in [0.05, 0.1) is 17.4 Å². The Balaban J connectivity index is 1.67. The lowest BCUT2D eigenvalue weighted by molar-refractivity contribution is 0.102. The Labute approximate surface area is 164 Å². The number of aromatic nitrogens is 2. The molecule has 27 heavy (non-hydrogen) atoms. The van der Waals surface area contributed by atoms with Gasteiger partial charge in [0, 0.05) is 42.9 Å². The number of nitrogens with one attached hydrogen (secondary N) is 1. The zero-order valence-corrected chi connectivity index (χ0v) is 16.1. The van der Waals surface area contributed by atoms with Gasteiger partial charge in [-0.15, -0.1) is 0 Å². The summed E-state index contributed by atoms with van der Waals surface area (Å²) in [5, 5.41) is 3.56. The van der Waals surface area contributed by atoms with E-state index in [2.05, 4.69) is 20.2 Å². The molecular weight excluding hydrogens is 360 g/mol. The average molecular weight is 381 g/mol. The molecule has 3 aromatic rings. The summed E-state index contributed by atoms with van der Waals surface area (Å²) in [6, 6.07) is 11.2. The minimum Gasteiger partial charge on any atom is -0.373 e. The molecule has 0 spiro atoms. The Morgan fingerprint density at radius 1 is 1.11 bits per heavy atom. The van der Waals surface area contributed by atoms with Gasteiger partial charge in [-0.2, -0.15) is 0 Å². The fourth-order valence-electron chi connectivity index (χ4n) is 2.70. The van der Waals surface area contributed by atoms with E-state index in [0.29, 0.717) is 10.6 Å². The third-order valence-corrected chi connectivity index (χ3v) is 4.58. The molecule has 1 N–H and O–H groups in total. The van der Waals surface area contributed by atoms with Crippen LogP contribution in [0.15, 0.2) is 61.2 Å². The molecule has 0 radical (unpaired) electrons. The molecule has 2 heterocycles. The minimum atomic E-state index is -0.197. The predicted molar refractivity (Wildman–Crippen MR) is 110 cm³/mol. The lowest BCUT2D eigenvalue weighted by atomic mass is 10.1. The maximum atomic E-state index is 12.6. The zero-order valence-electron chi connectivity index (χ0n) is 15.3. The molecule has 5 nitrogen and oxygen atoms in total. The van der Waals surface area contributed by atoms with Gasteiger partial charge in [0.15, 0.2) is 0 Å². The topological polar surface area (TPSA) is 58.1 Å². The van der Waals surface area contributed by atoms with E-state index in [9.17, 15) is 4.79 Å². The van der Waals surface area contributed by atoms with E-state index in [0.717, 1.165) is 29.9 Å². The van der Waals surface area contributed by atoms with Crippen LogP contribution in [-0.4, -0.2) is 29.5 Å². The molecule has 1 aromatic carbocycles. The number of anilines is 2. The van der Waals surface area contributed by atoms with Crippen molar-refractivity contribution < 1.29 is 4.79 Å². The highest BCUT2D eigenvalue weighted by Gasteiger charge is 2.11. The molecule has 0 aliphatic heterocycles. The standard InChI is InChI=1S/C21H21ClN4O/c1-15-11-18(22)3-4-20(15)25-21(27)17-12-19(14-24-13-17)26(2)10-7-16-5-8-23-9-6-16/h3-6,8-9,11-14H,7,10H2,1-2H3,(H,25,27). The number of benzene rings is 1. The van der Waals surface area contributed by atoms with Crippen molar-refractivity contribution in [2.75, 3.05) is 23.8 Å². The smallest absolute Gasteiger partial charge is 0.257 e. The van der Waals surface area contributed by atoms with E-state index >= 15 is 0 Å². The van der Waals surface area contributed by atoms with Gasteiger partial charge in [0.1, 0.15) is 0 Å². The number of hydrogen-bond donors (Lipinski definition) is 1. The van der Waals surface area contributed by atoms with Crippen molar-refractivity contribution in [3.05, 3.63) is 82.9 Å². The lowest BCUT2D eigenvalue weighted by Gasteiger charge is -2.19. The molecule has 0 fully saturated rings. The van der Waals surface area contributed by atoms with E-state index in [1.165, 1.54) is 5.56 Å². The summed E-state index contributed by atoms with van der Waals surface area (Å²) >= 11 is 5.97. The second kappa shape index (κ2) is 8.64. The molecule has 0 bridgehead atoms. The zero-order chi connectivity index (χ0) is 19.2. The summed E-state index contributed by atoms with van der Waals surface area (Å²) < 4.78 is 0. The van der Waals surface area contributed by atoms with Crippen LogP contribution in [0.4, 0.5) is 11.4 Å². The summed E-state index contributed by atoms with van der Waals surface area (Å²) in [6.07, 6.45) is 7.80. The van der Waals surface area contributed by atoms with Crippen LogP contribution < -0.4 is 10.2 Å². The van der Waals surface area contributed by atoms with Crippen molar-refractivity contribution in [1.82, 2.24) is 9.97 Å². The number of carbonyl (C=O) groups is 1. The van der Waals surface area contributed by atoms with E-state index in [-0.39, 0.29) is 5.91 Å². The second-order valence-electron chi connectivity index (χ2n) is 6.37. The Hall–Kier alpha value is -2.92. The van der Waals surface area contributed by atoms with Crippen molar-refractivity contribution in [2.45, 2.75) is 13.3 Å². The molecule has 138 valence electrons. The number of likely N-dealkylation sites (N-methyl/N-ethyl adjacent to an activating group) is 1. The number of amides is 1. The summed E-state index contributed by atoms with van der Waals surface area (Å²) in [5.74, 6) is -0.197. The SMILES string of the molecule is Cc1cc(Cl)ccc1NC(=O)c1cncc(N(C)CCc2ccncc2)c1. The third-order valence-electron chi connectivity index (χ3n) is 4.35. The Bertz CT molecular complexity index is 930. The molecule has 6 heteroatoms. The number of rotatable bonds is 6. The van der Waals surface area contributed by atoms with Crippen molar-refractivity contribution in [2.24, 2.45) is 0 Å². The Morgan fingerprint density at radius 3 is 2.63 bits per heavy atom. The highest BCUT2D eigenvalue weighted by atomic mass is 35.5. The van der Waals surface area contributed by atoms with Gasteiger partial charge < -0.3 is 10.2 Å².